The van der Waals surface area contributed by atoms with E-state index in [9.17, 15) is 9.59 Å². The molecule has 1 aromatic carbocycles. The normalized spacial score (nSPS) is 19.5. The summed E-state index contributed by atoms with van der Waals surface area (Å²) in [6, 6.07) is 6.94. The summed E-state index contributed by atoms with van der Waals surface area (Å²) >= 11 is 1.61. The lowest BCUT2D eigenvalue weighted by Crippen LogP contribution is -2.39. The van der Waals surface area contributed by atoms with Crippen molar-refractivity contribution in [1.29, 1.82) is 0 Å². The lowest BCUT2D eigenvalue weighted by Gasteiger charge is -2.25. The van der Waals surface area contributed by atoms with Crippen LogP contribution < -0.4 is 5.32 Å². The molecular formula is C19H27NO5S. The second-order valence-corrected chi connectivity index (χ2v) is 7.28. The number of hydrogen-bond donors (Lipinski definition) is 2. The number of hydrogen-bond acceptors (Lipinski definition) is 5. The molecule has 1 aromatic rings. The van der Waals surface area contributed by atoms with E-state index in [0.717, 1.165) is 36.3 Å². The van der Waals surface area contributed by atoms with E-state index in [-0.39, 0.29) is 18.4 Å². The van der Waals surface area contributed by atoms with Gasteiger partial charge in [-0.15, -0.1) is 11.8 Å². The molecule has 7 heteroatoms. The van der Waals surface area contributed by atoms with E-state index in [4.69, 9.17) is 14.6 Å². The van der Waals surface area contributed by atoms with Crippen molar-refractivity contribution in [3.63, 3.8) is 0 Å². The molecule has 0 radical (unpaired) electrons. The van der Waals surface area contributed by atoms with Crippen LogP contribution in [0.15, 0.2) is 29.2 Å². The highest BCUT2D eigenvalue weighted by Crippen LogP contribution is 2.22. The maximum atomic E-state index is 12.4. The van der Waals surface area contributed by atoms with Gasteiger partial charge in [-0.2, -0.15) is 0 Å². The summed E-state index contributed by atoms with van der Waals surface area (Å²) in [5.74, 6) is -1.28. The number of nitrogens with one attached hydrogen (secondary N) is 1. The quantitative estimate of drug-likeness (QED) is 0.640. The minimum absolute atomic E-state index is 0.0351. The second kappa shape index (κ2) is 10.5. The van der Waals surface area contributed by atoms with Gasteiger partial charge in [-0.05, 0) is 50.1 Å². The number of amides is 1. The number of carboxylic acid groups (broad SMARTS) is 1. The van der Waals surface area contributed by atoms with Gasteiger partial charge in [-0.3, -0.25) is 9.59 Å². The van der Waals surface area contributed by atoms with Crippen LogP contribution in [0, 0.1) is 0 Å². The van der Waals surface area contributed by atoms with Gasteiger partial charge in [0.05, 0.1) is 25.2 Å². The van der Waals surface area contributed by atoms with Crippen LogP contribution in [0.2, 0.25) is 0 Å². The fraction of sp³-hybridized carbons (Fsp3) is 0.579. The van der Waals surface area contributed by atoms with Gasteiger partial charge in [0.2, 0.25) is 5.91 Å². The molecule has 2 N–H and O–H groups in total. The number of ether oxygens (including phenoxy) is 2. The number of carbonyl (C=O) groups is 2. The number of benzene rings is 1. The molecule has 26 heavy (non-hydrogen) atoms. The predicted octanol–water partition coefficient (Wildman–Crippen LogP) is 3.01. The Balaban J connectivity index is 1.92. The van der Waals surface area contributed by atoms with Crippen molar-refractivity contribution in [2.24, 2.45) is 0 Å². The summed E-state index contributed by atoms with van der Waals surface area (Å²) in [6.07, 6.45) is 4.29. The predicted molar refractivity (Wildman–Crippen MR) is 100 cm³/mol. The average Bonchev–Trinajstić information content (AvgIpc) is 2.66. The summed E-state index contributed by atoms with van der Waals surface area (Å²) in [5, 5.41) is 12.0. The van der Waals surface area contributed by atoms with Crippen LogP contribution in [0.25, 0.3) is 0 Å². The average molecular weight is 381 g/mol. The number of rotatable bonds is 9. The number of aliphatic carboxylic acids is 1. The minimum Gasteiger partial charge on any atom is -0.481 e. The summed E-state index contributed by atoms with van der Waals surface area (Å²) in [6.45, 7) is 2.79. The van der Waals surface area contributed by atoms with E-state index < -0.39 is 18.1 Å². The molecule has 1 aliphatic heterocycles. The molecule has 3 unspecified atom stereocenters. The summed E-state index contributed by atoms with van der Waals surface area (Å²) in [7, 11) is 0. The first-order chi connectivity index (χ1) is 12.5. The van der Waals surface area contributed by atoms with Crippen molar-refractivity contribution in [1.82, 2.24) is 5.32 Å². The molecule has 1 saturated heterocycles. The van der Waals surface area contributed by atoms with E-state index in [1.807, 2.05) is 30.5 Å². The Morgan fingerprint density at radius 1 is 1.35 bits per heavy atom. The maximum Gasteiger partial charge on any atom is 0.305 e. The monoisotopic (exact) mass is 381 g/mol. The lowest BCUT2D eigenvalue weighted by atomic mass is 10.0. The molecule has 2 rings (SSSR count). The molecule has 3 atom stereocenters. The molecular weight excluding hydrogens is 354 g/mol. The first-order valence-electron chi connectivity index (χ1n) is 8.89. The third-order valence-corrected chi connectivity index (χ3v) is 5.13. The van der Waals surface area contributed by atoms with Crippen molar-refractivity contribution in [2.45, 2.75) is 55.8 Å². The number of carbonyl (C=O) groups excluding carboxylic acids is 1. The molecule has 0 saturated carbocycles. The fourth-order valence-electron chi connectivity index (χ4n) is 2.82. The van der Waals surface area contributed by atoms with Crippen LogP contribution in [0.4, 0.5) is 0 Å². The van der Waals surface area contributed by atoms with Gasteiger partial charge in [0.1, 0.15) is 6.10 Å². The zero-order valence-corrected chi connectivity index (χ0v) is 16.1. The van der Waals surface area contributed by atoms with E-state index in [1.54, 1.807) is 18.7 Å². The van der Waals surface area contributed by atoms with Gasteiger partial charge in [0, 0.05) is 11.5 Å². The maximum absolute atomic E-state index is 12.4. The van der Waals surface area contributed by atoms with E-state index >= 15 is 0 Å². The highest BCUT2D eigenvalue weighted by atomic mass is 32.2. The highest BCUT2D eigenvalue weighted by Gasteiger charge is 2.23. The third kappa shape index (κ3) is 6.63. The van der Waals surface area contributed by atoms with Crippen molar-refractivity contribution in [3.05, 3.63) is 29.8 Å². The van der Waals surface area contributed by atoms with E-state index in [0.29, 0.717) is 6.61 Å². The Kier molecular flexibility index (Phi) is 8.41. The number of thioether (sulfide) groups is 1. The van der Waals surface area contributed by atoms with Gasteiger partial charge < -0.3 is 19.9 Å². The number of carboxylic acids is 1. The highest BCUT2D eigenvalue weighted by molar-refractivity contribution is 7.98. The zero-order valence-electron chi connectivity index (χ0n) is 15.3. The Bertz CT molecular complexity index is 586. The molecule has 6 nitrogen and oxygen atoms in total. The van der Waals surface area contributed by atoms with Crippen LogP contribution >= 0.6 is 11.8 Å². The van der Waals surface area contributed by atoms with Crippen LogP contribution in [0.1, 0.15) is 44.2 Å². The summed E-state index contributed by atoms with van der Waals surface area (Å²) < 4.78 is 11.2. The Morgan fingerprint density at radius 2 is 2.08 bits per heavy atom. The van der Waals surface area contributed by atoms with Crippen LogP contribution in [0.3, 0.4) is 0 Å². The Morgan fingerprint density at radius 3 is 2.65 bits per heavy atom. The summed E-state index contributed by atoms with van der Waals surface area (Å²) in [4.78, 5) is 24.7. The van der Waals surface area contributed by atoms with Crippen molar-refractivity contribution >= 4 is 23.6 Å². The van der Waals surface area contributed by atoms with Crippen LogP contribution in [-0.2, 0) is 19.1 Å². The van der Waals surface area contributed by atoms with Gasteiger partial charge in [0.15, 0.2) is 0 Å². The molecule has 1 fully saturated rings. The molecule has 0 spiro atoms. The molecule has 144 valence electrons. The van der Waals surface area contributed by atoms with Crippen molar-refractivity contribution in [2.75, 3.05) is 19.5 Å². The topological polar surface area (TPSA) is 84.9 Å². The molecule has 0 aliphatic carbocycles. The minimum atomic E-state index is -0.964. The van der Waals surface area contributed by atoms with Gasteiger partial charge in [0.25, 0.3) is 0 Å². The zero-order chi connectivity index (χ0) is 18.9. The van der Waals surface area contributed by atoms with Gasteiger partial charge in [-0.25, -0.2) is 0 Å². The van der Waals surface area contributed by atoms with Gasteiger partial charge >= 0.3 is 5.97 Å². The van der Waals surface area contributed by atoms with Gasteiger partial charge in [-0.1, -0.05) is 12.1 Å². The molecule has 0 aromatic heterocycles. The lowest BCUT2D eigenvalue weighted by molar-refractivity contribution is -0.139. The van der Waals surface area contributed by atoms with Crippen LogP contribution in [-0.4, -0.2) is 48.7 Å². The standard InChI is InChI=1S/C19H27NO5S/c1-13(25-12-15-5-3-4-10-24-15)19(23)20-17(11-18(21)22)14-6-8-16(26-2)9-7-14/h6-9,13,15,17H,3-5,10-12H2,1-2H3,(H,20,23)(H,21,22). The fourth-order valence-corrected chi connectivity index (χ4v) is 3.23. The van der Waals surface area contributed by atoms with E-state index in [1.165, 1.54) is 0 Å². The SMILES string of the molecule is CSc1ccc(C(CC(=O)O)NC(=O)C(C)OCC2CCCCO2)cc1. The molecule has 1 heterocycles. The first kappa shape index (κ1) is 20.7. The molecule has 1 amide bonds. The van der Waals surface area contributed by atoms with E-state index in [2.05, 4.69) is 5.32 Å². The Labute approximate surface area is 158 Å². The Hall–Kier alpha value is -1.57. The summed E-state index contributed by atoms with van der Waals surface area (Å²) in [5.41, 5.74) is 0.765. The molecule has 0 bridgehead atoms. The molecule has 1 aliphatic rings. The van der Waals surface area contributed by atoms with Crippen molar-refractivity contribution < 1.29 is 24.2 Å². The smallest absolute Gasteiger partial charge is 0.305 e. The second-order valence-electron chi connectivity index (χ2n) is 6.40. The van der Waals surface area contributed by atoms with Crippen LogP contribution in [0.5, 0.6) is 0 Å². The van der Waals surface area contributed by atoms with Crippen molar-refractivity contribution in [3.8, 4) is 0 Å². The first-order valence-corrected chi connectivity index (χ1v) is 10.1. The third-order valence-electron chi connectivity index (χ3n) is 4.39. The largest absolute Gasteiger partial charge is 0.481 e.